The highest BCUT2D eigenvalue weighted by molar-refractivity contribution is 5.72. The second-order valence-corrected chi connectivity index (χ2v) is 2.99. The van der Waals surface area contributed by atoms with Crippen LogP contribution in [0.2, 0.25) is 0 Å². The standard InChI is InChI=1S/C10H12N2O2/c1-8(13)11-7-6-9-2-4-10(12-14)5-3-9/h2-5H,6-7H2,1H3,(H,11,13). The van der Waals surface area contributed by atoms with Crippen LogP contribution in [-0.4, -0.2) is 12.5 Å². The molecule has 0 saturated carbocycles. The molecule has 1 aromatic rings. The number of nitroso groups, excluding NO2 is 1. The van der Waals surface area contributed by atoms with Gasteiger partial charge in [0.1, 0.15) is 5.69 Å². The Bertz CT molecular complexity index is 319. The van der Waals surface area contributed by atoms with Crippen molar-refractivity contribution in [3.8, 4) is 0 Å². The fourth-order valence-electron chi connectivity index (χ4n) is 1.11. The SMILES string of the molecule is CC(=O)NCCc1ccc(N=O)cc1. The van der Waals surface area contributed by atoms with Crippen molar-refractivity contribution in [3.05, 3.63) is 34.7 Å². The van der Waals surface area contributed by atoms with E-state index in [0.29, 0.717) is 12.2 Å². The fraction of sp³-hybridized carbons (Fsp3) is 0.300. The lowest BCUT2D eigenvalue weighted by Crippen LogP contribution is -2.22. The van der Waals surface area contributed by atoms with Crippen LogP contribution in [0, 0.1) is 4.91 Å². The topological polar surface area (TPSA) is 58.5 Å². The molecule has 0 aliphatic carbocycles. The molecule has 74 valence electrons. The molecule has 4 nitrogen and oxygen atoms in total. The first-order valence-corrected chi connectivity index (χ1v) is 4.39. The lowest BCUT2D eigenvalue weighted by molar-refractivity contribution is -0.118. The quantitative estimate of drug-likeness (QED) is 0.739. The molecule has 0 heterocycles. The van der Waals surface area contributed by atoms with Crippen molar-refractivity contribution in [2.75, 3.05) is 6.54 Å². The summed E-state index contributed by atoms with van der Waals surface area (Å²) in [6, 6.07) is 6.99. The molecule has 0 atom stereocenters. The van der Waals surface area contributed by atoms with Crippen LogP contribution in [0.15, 0.2) is 29.4 Å². The summed E-state index contributed by atoms with van der Waals surface area (Å²) in [5.74, 6) is -0.0313. The minimum atomic E-state index is -0.0313. The van der Waals surface area contributed by atoms with E-state index in [-0.39, 0.29) is 5.91 Å². The number of carbonyl (C=O) groups is 1. The summed E-state index contributed by atoms with van der Waals surface area (Å²) in [7, 11) is 0. The Labute approximate surface area is 82.3 Å². The summed E-state index contributed by atoms with van der Waals surface area (Å²) in [6.45, 7) is 2.10. The number of amides is 1. The Morgan fingerprint density at radius 3 is 2.50 bits per heavy atom. The van der Waals surface area contributed by atoms with E-state index in [1.54, 1.807) is 12.1 Å². The third-order valence-corrected chi connectivity index (χ3v) is 1.83. The molecule has 0 spiro atoms. The van der Waals surface area contributed by atoms with E-state index in [1.807, 2.05) is 12.1 Å². The van der Waals surface area contributed by atoms with E-state index in [9.17, 15) is 9.70 Å². The predicted molar refractivity (Wildman–Crippen MR) is 54.3 cm³/mol. The Balaban J connectivity index is 2.43. The van der Waals surface area contributed by atoms with Crippen LogP contribution in [0.25, 0.3) is 0 Å². The van der Waals surface area contributed by atoms with Crippen LogP contribution >= 0.6 is 0 Å². The second kappa shape index (κ2) is 5.11. The van der Waals surface area contributed by atoms with Crippen LogP contribution in [-0.2, 0) is 11.2 Å². The highest BCUT2D eigenvalue weighted by atomic mass is 16.3. The van der Waals surface area contributed by atoms with Gasteiger partial charge in [-0.3, -0.25) is 4.79 Å². The maximum absolute atomic E-state index is 10.6. The summed E-state index contributed by atoms with van der Waals surface area (Å²) < 4.78 is 0. The van der Waals surface area contributed by atoms with E-state index in [1.165, 1.54) is 6.92 Å². The van der Waals surface area contributed by atoms with Crippen molar-refractivity contribution in [1.82, 2.24) is 5.32 Å². The van der Waals surface area contributed by atoms with Gasteiger partial charge in [0.15, 0.2) is 0 Å². The van der Waals surface area contributed by atoms with Gasteiger partial charge in [0.2, 0.25) is 5.91 Å². The van der Waals surface area contributed by atoms with Crippen molar-refractivity contribution < 1.29 is 4.79 Å². The largest absolute Gasteiger partial charge is 0.356 e. The molecule has 1 N–H and O–H groups in total. The van der Waals surface area contributed by atoms with Crippen molar-refractivity contribution in [1.29, 1.82) is 0 Å². The number of hydrogen-bond donors (Lipinski definition) is 1. The number of carbonyl (C=O) groups excluding carboxylic acids is 1. The van der Waals surface area contributed by atoms with Gasteiger partial charge in [-0.15, -0.1) is 4.91 Å². The molecule has 4 heteroatoms. The molecule has 0 saturated heterocycles. The highest BCUT2D eigenvalue weighted by Gasteiger charge is 1.95. The van der Waals surface area contributed by atoms with Gasteiger partial charge in [-0.25, -0.2) is 0 Å². The molecule has 0 fully saturated rings. The molecule has 0 aromatic heterocycles. The predicted octanol–water partition coefficient (Wildman–Crippen LogP) is 1.76. The van der Waals surface area contributed by atoms with Gasteiger partial charge < -0.3 is 5.32 Å². The number of nitrogens with zero attached hydrogens (tertiary/aromatic N) is 1. The summed E-state index contributed by atoms with van der Waals surface area (Å²) in [4.78, 5) is 20.7. The first kappa shape index (κ1) is 10.4. The molecule has 1 amide bonds. The van der Waals surface area contributed by atoms with Gasteiger partial charge in [0, 0.05) is 13.5 Å². The highest BCUT2D eigenvalue weighted by Crippen LogP contribution is 2.12. The smallest absolute Gasteiger partial charge is 0.216 e. The van der Waals surface area contributed by atoms with Gasteiger partial charge in [-0.1, -0.05) is 12.1 Å². The van der Waals surface area contributed by atoms with Gasteiger partial charge in [-0.05, 0) is 29.3 Å². The van der Waals surface area contributed by atoms with Crippen LogP contribution < -0.4 is 5.32 Å². The minimum absolute atomic E-state index is 0.0313. The summed E-state index contributed by atoms with van der Waals surface area (Å²) in [6.07, 6.45) is 0.763. The van der Waals surface area contributed by atoms with Gasteiger partial charge in [0.05, 0.1) is 0 Å². The van der Waals surface area contributed by atoms with Crippen LogP contribution in [0.4, 0.5) is 5.69 Å². The Kier molecular flexibility index (Phi) is 3.79. The van der Waals surface area contributed by atoms with Gasteiger partial charge >= 0.3 is 0 Å². The van der Waals surface area contributed by atoms with Crippen molar-refractivity contribution >= 4 is 11.6 Å². The molecule has 1 aromatic carbocycles. The van der Waals surface area contributed by atoms with E-state index in [0.717, 1.165) is 12.0 Å². The monoisotopic (exact) mass is 192 g/mol. The zero-order chi connectivity index (χ0) is 10.4. The molecule has 0 bridgehead atoms. The Morgan fingerprint density at radius 1 is 1.36 bits per heavy atom. The first-order chi connectivity index (χ1) is 6.72. The average Bonchev–Trinajstić information content (AvgIpc) is 2.18. The lowest BCUT2D eigenvalue weighted by atomic mass is 10.1. The summed E-state index contributed by atoms with van der Waals surface area (Å²) >= 11 is 0. The molecular formula is C10H12N2O2. The number of nitrogens with one attached hydrogen (secondary N) is 1. The summed E-state index contributed by atoms with van der Waals surface area (Å²) in [5, 5.41) is 5.50. The van der Waals surface area contributed by atoms with Crippen molar-refractivity contribution in [2.24, 2.45) is 5.18 Å². The van der Waals surface area contributed by atoms with Crippen LogP contribution in [0.1, 0.15) is 12.5 Å². The van der Waals surface area contributed by atoms with Gasteiger partial charge in [0.25, 0.3) is 0 Å². The molecule has 14 heavy (non-hydrogen) atoms. The van der Waals surface area contributed by atoms with E-state index < -0.39 is 0 Å². The maximum Gasteiger partial charge on any atom is 0.216 e. The average molecular weight is 192 g/mol. The molecule has 0 aliphatic rings. The van der Waals surface area contributed by atoms with Crippen LogP contribution in [0.3, 0.4) is 0 Å². The minimum Gasteiger partial charge on any atom is -0.356 e. The first-order valence-electron chi connectivity index (χ1n) is 4.39. The molecule has 0 unspecified atom stereocenters. The Morgan fingerprint density at radius 2 is 2.00 bits per heavy atom. The van der Waals surface area contributed by atoms with E-state index >= 15 is 0 Å². The molecule has 1 rings (SSSR count). The second-order valence-electron chi connectivity index (χ2n) is 2.99. The number of hydrogen-bond acceptors (Lipinski definition) is 3. The molecular weight excluding hydrogens is 180 g/mol. The van der Waals surface area contributed by atoms with Crippen molar-refractivity contribution in [2.45, 2.75) is 13.3 Å². The fourth-order valence-corrected chi connectivity index (χ4v) is 1.11. The Hall–Kier alpha value is -1.71. The number of benzene rings is 1. The zero-order valence-corrected chi connectivity index (χ0v) is 7.99. The van der Waals surface area contributed by atoms with E-state index in [2.05, 4.69) is 10.5 Å². The van der Waals surface area contributed by atoms with Crippen LogP contribution in [0.5, 0.6) is 0 Å². The third kappa shape index (κ3) is 3.35. The third-order valence-electron chi connectivity index (χ3n) is 1.83. The molecule has 0 aliphatic heterocycles. The van der Waals surface area contributed by atoms with Crippen molar-refractivity contribution in [3.63, 3.8) is 0 Å². The van der Waals surface area contributed by atoms with E-state index in [4.69, 9.17) is 0 Å². The summed E-state index contributed by atoms with van der Waals surface area (Å²) in [5.41, 5.74) is 1.50. The zero-order valence-electron chi connectivity index (χ0n) is 7.99. The molecule has 0 radical (unpaired) electrons. The number of rotatable bonds is 4. The lowest BCUT2D eigenvalue weighted by Gasteiger charge is -2.01. The maximum atomic E-state index is 10.6. The van der Waals surface area contributed by atoms with Gasteiger partial charge in [-0.2, -0.15) is 0 Å². The normalized spacial score (nSPS) is 9.50.